The van der Waals surface area contributed by atoms with Gasteiger partial charge in [0.05, 0.1) is 0 Å². The fourth-order valence-corrected chi connectivity index (χ4v) is 0.385. The van der Waals surface area contributed by atoms with Crippen molar-refractivity contribution < 1.29 is 0 Å². The van der Waals surface area contributed by atoms with Gasteiger partial charge >= 0.3 is 19.8 Å². The van der Waals surface area contributed by atoms with Gasteiger partial charge in [0, 0.05) is 0 Å². The Labute approximate surface area is 68.8 Å². The number of benzene rings is 1. The molecule has 0 aliphatic carbocycles. The van der Waals surface area contributed by atoms with Crippen molar-refractivity contribution in [3.8, 4) is 0 Å². The summed E-state index contributed by atoms with van der Waals surface area (Å²) < 4.78 is 0. The molecule has 0 bridgehead atoms. The number of hydrogen-bond donors (Lipinski definition) is 0. The number of halogens is 1. The maximum atomic E-state index is 2.00. The van der Waals surface area contributed by atoms with E-state index in [1.165, 1.54) is 0 Å². The van der Waals surface area contributed by atoms with E-state index in [1.54, 1.807) is 0 Å². The van der Waals surface area contributed by atoms with Gasteiger partial charge in [-0.2, -0.15) is 0 Å². The summed E-state index contributed by atoms with van der Waals surface area (Å²) in [7, 11) is 0. The van der Waals surface area contributed by atoms with Crippen LogP contribution in [0.15, 0.2) is 36.4 Å². The largest absolute Gasteiger partial charge is 0.0623 e. The van der Waals surface area contributed by atoms with Gasteiger partial charge in [-0.25, -0.2) is 0 Å². The molecular weight excluding hydrogens is 177 g/mol. The first-order valence-electron chi connectivity index (χ1n) is 2.00. The molecule has 8 heavy (non-hydrogen) atoms. The molecule has 0 radical (unpaired) electrons. The van der Waals surface area contributed by atoms with Crippen LogP contribution >= 0.6 is 12.4 Å². The van der Waals surface area contributed by atoms with E-state index in [1.807, 2.05) is 36.4 Å². The van der Waals surface area contributed by atoms with Gasteiger partial charge < -0.3 is 0 Å². The predicted molar refractivity (Wildman–Crippen MR) is 43.6 cm³/mol. The van der Waals surface area contributed by atoms with Gasteiger partial charge in [-0.05, 0) is 0 Å². The fourth-order valence-electron chi connectivity index (χ4n) is 0.385. The molecule has 0 unspecified atom stereocenters. The van der Waals surface area contributed by atoms with Crippen LogP contribution in [0.2, 0.25) is 0 Å². The topological polar surface area (TPSA) is 0 Å². The Morgan fingerprint density at radius 3 is 0.750 bits per heavy atom. The summed E-state index contributed by atoms with van der Waals surface area (Å²) >= 11 is 0. The van der Waals surface area contributed by atoms with Crippen molar-refractivity contribution in [2.45, 2.75) is 0 Å². The number of hydrogen-bond acceptors (Lipinski definition) is 0. The van der Waals surface area contributed by atoms with Crippen LogP contribution in [0.3, 0.4) is 0 Å². The molecule has 1 rings (SSSR count). The molecule has 0 nitrogen and oxygen atoms in total. The Morgan fingerprint density at radius 1 is 0.500 bits per heavy atom. The van der Waals surface area contributed by atoms with Crippen LogP contribution in [0.1, 0.15) is 0 Å². The van der Waals surface area contributed by atoms with Crippen molar-refractivity contribution in [3.63, 3.8) is 0 Å². The van der Waals surface area contributed by atoms with E-state index in [0.717, 1.165) is 0 Å². The summed E-state index contributed by atoms with van der Waals surface area (Å²) in [6, 6.07) is 12.0. The third-order valence-electron chi connectivity index (χ3n) is 0.667. The molecule has 0 atom stereocenters. The van der Waals surface area contributed by atoms with E-state index in [9.17, 15) is 0 Å². The number of rotatable bonds is 0. The molecular formula is C6H10ClGa. The van der Waals surface area contributed by atoms with E-state index < -0.39 is 0 Å². The maximum absolute atomic E-state index is 2.00. The van der Waals surface area contributed by atoms with Gasteiger partial charge in [0.15, 0.2) is 0 Å². The van der Waals surface area contributed by atoms with Gasteiger partial charge in [-0.3, -0.25) is 0 Å². The molecule has 1 aromatic rings. The summed E-state index contributed by atoms with van der Waals surface area (Å²) in [5, 5.41) is 0. The van der Waals surface area contributed by atoms with Crippen LogP contribution in [0, 0.1) is 0 Å². The quantitative estimate of drug-likeness (QED) is 0.530. The van der Waals surface area contributed by atoms with Crippen molar-refractivity contribution in [2.75, 3.05) is 0 Å². The Morgan fingerprint density at radius 2 is 0.625 bits per heavy atom. The second-order valence-corrected chi connectivity index (χ2v) is 1.15. The summed E-state index contributed by atoms with van der Waals surface area (Å²) in [6.07, 6.45) is 0. The SMILES string of the molecule is Cl.[GaH3].c1ccccc1. The van der Waals surface area contributed by atoms with Crippen LogP contribution in [-0.4, -0.2) is 19.8 Å². The van der Waals surface area contributed by atoms with E-state index in [2.05, 4.69) is 0 Å². The van der Waals surface area contributed by atoms with Crippen LogP contribution in [-0.2, 0) is 0 Å². The normalized spacial score (nSPS) is 6.00. The van der Waals surface area contributed by atoms with Gasteiger partial charge in [0.25, 0.3) is 0 Å². The standard InChI is InChI=1S/C6H6.ClH.Ga.3H/c1-2-4-6-5-3-1;;;;;/h1-6H;1H;;;;. The van der Waals surface area contributed by atoms with Crippen molar-refractivity contribution >= 4 is 32.2 Å². The minimum absolute atomic E-state index is 0. The van der Waals surface area contributed by atoms with Crippen molar-refractivity contribution in [3.05, 3.63) is 36.4 Å². The van der Waals surface area contributed by atoms with E-state index in [-0.39, 0.29) is 32.2 Å². The molecule has 0 N–H and O–H groups in total. The summed E-state index contributed by atoms with van der Waals surface area (Å²) in [5.74, 6) is 0. The first kappa shape index (κ1) is 11.0. The zero-order chi connectivity index (χ0) is 4.24. The Balaban J connectivity index is 0. The fraction of sp³-hybridized carbons (Fsp3) is 0. The van der Waals surface area contributed by atoms with Gasteiger partial charge in [-0.15, -0.1) is 12.4 Å². The molecule has 0 heterocycles. The molecule has 1 aromatic carbocycles. The molecule has 44 valence electrons. The van der Waals surface area contributed by atoms with Crippen molar-refractivity contribution in [1.29, 1.82) is 0 Å². The molecule has 0 amide bonds. The smallest absolute Gasteiger partial charge is 0.0623 e. The van der Waals surface area contributed by atoms with E-state index in [4.69, 9.17) is 0 Å². The first-order chi connectivity index (χ1) is 3.00. The zero-order valence-corrected chi connectivity index (χ0v) is 4.69. The minimum atomic E-state index is 0. The molecule has 0 saturated heterocycles. The molecule has 0 fully saturated rings. The molecule has 0 spiro atoms. The zero-order valence-electron chi connectivity index (χ0n) is 3.87. The monoisotopic (exact) mass is 186 g/mol. The van der Waals surface area contributed by atoms with E-state index >= 15 is 0 Å². The summed E-state index contributed by atoms with van der Waals surface area (Å²) in [5.41, 5.74) is 0. The van der Waals surface area contributed by atoms with Crippen molar-refractivity contribution in [1.82, 2.24) is 0 Å². The third-order valence-corrected chi connectivity index (χ3v) is 0.667. The molecule has 0 aliphatic heterocycles. The Bertz CT molecular complexity index is 80.5. The molecule has 0 aliphatic rings. The van der Waals surface area contributed by atoms with Crippen LogP contribution in [0.25, 0.3) is 0 Å². The van der Waals surface area contributed by atoms with E-state index in [0.29, 0.717) is 0 Å². The maximum Gasteiger partial charge on any atom is -0.0623 e. The summed E-state index contributed by atoms with van der Waals surface area (Å²) in [6.45, 7) is 0. The van der Waals surface area contributed by atoms with Crippen LogP contribution < -0.4 is 0 Å². The Hall–Kier alpha value is 0.146. The molecule has 2 heteroatoms. The van der Waals surface area contributed by atoms with Gasteiger partial charge in [0.2, 0.25) is 0 Å². The second kappa shape index (κ2) is 7.15. The Kier molecular flexibility index (Phi) is 9.84. The molecule has 0 saturated carbocycles. The van der Waals surface area contributed by atoms with Crippen LogP contribution in [0.4, 0.5) is 0 Å². The van der Waals surface area contributed by atoms with Gasteiger partial charge in [0.1, 0.15) is 0 Å². The third kappa shape index (κ3) is 4.31. The predicted octanol–water partition coefficient (Wildman–Crippen LogP) is 0.924. The van der Waals surface area contributed by atoms with Crippen molar-refractivity contribution in [2.24, 2.45) is 0 Å². The average Bonchev–Trinajstić information content (AvgIpc) is 1.72. The minimum Gasteiger partial charge on any atom is -0.0623 e. The van der Waals surface area contributed by atoms with Gasteiger partial charge in [-0.1, -0.05) is 36.4 Å². The van der Waals surface area contributed by atoms with Crippen LogP contribution in [0.5, 0.6) is 0 Å². The molecule has 0 aromatic heterocycles. The first-order valence-corrected chi connectivity index (χ1v) is 2.00. The average molecular weight is 187 g/mol. The second-order valence-electron chi connectivity index (χ2n) is 1.15. The summed E-state index contributed by atoms with van der Waals surface area (Å²) in [4.78, 5) is 0.